The number of nitrogens with one attached hydrogen (secondary N) is 1. The highest BCUT2D eigenvalue weighted by Crippen LogP contribution is 2.19. The largest absolute Gasteiger partial charge is 0.475 e. The number of ether oxygens (including phenoxy) is 1. The molecule has 152 valence electrons. The molecule has 0 atom stereocenters. The topological polar surface area (TPSA) is 81.4 Å². The van der Waals surface area contributed by atoms with Gasteiger partial charge in [0.2, 0.25) is 5.88 Å². The monoisotopic (exact) mass is 413 g/mol. The molecule has 0 bridgehead atoms. The van der Waals surface area contributed by atoms with Gasteiger partial charge in [0.25, 0.3) is 5.91 Å². The van der Waals surface area contributed by atoms with Gasteiger partial charge in [-0.05, 0) is 36.4 Å². The van der Waals surface area contributed by atoms with E-state index >= 15 is 0 Å². The molecule has 1 amide bonds. The van der Waals surface area contributed by atoms with Crippen molar-refractivity contribution in [3.63, 3.8) is 0 Å². The van der Waals surface area contributed by atoms with Crippen molar-refractivity contribution in [2.45, 2.75) is 0 Å². The molecule has 2 heterocycles. The van der Waals surface area contributed by atoms with Gasteiger partial charge in [-0.2, -0.15) is 4.52 Å². The second-order valence-electron chi connectivity index (χ2n) is 6.21. The molecule has 0 aliphatic rings. The van der Waals surface area contributed by atoms with Crippen LogP contribution in [0.4, 0.5) is 13.2 Å². The molecule has 1 N–H and O–H groups in total. The quantitative estimate of drug-likeness (QED) is 0.492. The van der Waals surface area contributed by atoms with E-state index in [0.717, 1.165) is 12.1 Å². The van der Waals surface area contributed by atoms with Gasteiger partial charge in [0, 0.05) is 17.2 Å². The van der Waals surface area contributed by atoms with Gasteiger partial charge < -0.3 is 10.1 Å². The summed E-state index contributed by atoms with van der Waals surface area (Å²) in [6.07, 6.45) is 0. The summed E-state index contributed by atoms with van der Waals surface area (Å²) in [5.74, 6) is -2.51. The molecule has 30 heavy (non-hydrogen) atoms. The van der Waals surface area contributed by atoms with Crippen molar-refractivity contribution in [1.82, 2.24) is 25.1 Å². The van der Waals surface area contributed by atoms with Crippen LogP contribution in [0.2, 0.25) is 0 Å². The third kappa shape index (κ3) is 4.07. The van der Waals surface area contributed by atoms with Crippen LogP contribution < -0.4 is 10.1 Å². The number of amides is 1. The SMILES string of the molecule is O=C(NCCOc1ccc2nnc(-c3cccc(F)c3)n2n1)c1ccc(F)c(F)c1. The van der Waals surface area contributed by atoms with E-state index in [1.165, 1.54) is 22.7 Å². The van der Waals surface area contributed by atoms with Crippen LogP contribution in [0.25, 0.3) is 17.0 Å². The van der Waals surface area contributed by atoms with Gasteiger partial charge in [-0.15, -0.1) is 15.3 Å². The molecule has 0 radical (unpaired) electrons. The molecule has 0 aliphatic heterocycles. The summed E-state index contributed by atoms with van der Waals surface area (Å²) in [4.78, 5) is 12.0. The fourth-order valence-electron chi connectivity index (χ4n) is 2.72. The lowest BCUT2D eigenvalue weighted by Gasteiger charge is -2.08. The first-order valence-corrected chi connectivity index (χ1v) is 8.86. The molecule has 0 aliphatic carbocycles. The maximum absolute atomic E-state index is 13.5. The Kier molecular flexibility index (Phi) is 5.29. The van der Waals surface area contributed by atoms with E-state index in [1.54, 1.807) is 24.3 Å². The summed E-state index contributed by atoms with van der Waals surface area (Å²) in [5.41, 5.74) is 0.955. The van der Waals surface area contributed by atoms with Crippen molar-refractivity contribution >= 4 is 11.6 Å². The Hall–Kier alpha value is -3.95. The Bertz CT molecular complexity index is 1230. The standard InChI is InChI=1S/C20H14F3N5O2/c21-14-3-1-2-12(10-14)19-26-25-17-6-7-18(27-28(17)19)30-9-8-24-20(29)13-4-5-15(22)16(23)11-13/h1-7,10-11H,8-9H2,(H,24,29). The highest BCUT2D eigenvalue weighted by atomic mass is 19.2. The van der Waals surface area contributed by atoms with Gasteiger partial charge in [-0.25, -0.2) is 13.2 Å². The summed E-state index contributed by atoms with van der Waals surface area (Å²) < 4.78 is 46.6. The number of aromatic nitrogens is 4. The fraction of sp³-hybridized carbons (Fsp3) is 0.100. The van der Waals surface area contributed by atoms with Gasteiger partial charge in [0.15, 0.2) is 23.1 Å². The Labute approximate surface area is 168 Å². The van der Waals surface area contributed by atoms with Gasteiger partial charge in [0.05, 0.1) is 6.54 Å². The minimum atomic E-state index is -1.10. The van der Waals surface area contributed by atoms with E-state index in [0.29, 0.717) is 17.0 Å². The third-order valence-corrected chi connectivity index (χ3v) is 4.14. The van der Waals surface area contributed by atoms with Gasteiger partial charge in [0.1, 0.15) is 12.4 Å². The van der Waals surface area contributed by atoms with Crippen LogP contribution in [0, 0.1) is 17.5 Å². The Morgan fingerprint density at radius 2 is 1.87 bits per heavy atom. The van der Waals surface area contributed by atoms with Crippen molar-refractivity contribution in [2.75, 3.05) is 13.2 Å². The Morgan fingerprint density at radius 1 is 1.00 bits per heavy atom. The number of fused-ring (bicyclic) bond motifs is 1. The van der Waals surface area contributed by atoms with Crippen LogP contribution in [0.5, 0.6) is 5.88 Å². The zero-order valence-corrected chi connectivity index (χ0v) is 15.3. The average molecular weight is 413 g/mol. The van der Waals surface area contributed by atoms with Crippen LogP contribution in [0.1, 0.15) is 10.4 Å². The lowest BCUT2D eigenvalue weighted by atomic mass is 10.2. The first-order valence-electron chi connectivity index (χ1n) is 8.86. The molecule has 2 aromatic carbocycles. The first-order chi connectivity index (χ1) is 14.5. The number of hydrogen-bond donors (Lipinski definition) is 1. The first kappa shape index (κ1) is 19.4. The maximum Gasteiger partial charge on any atom is 0.251 e. The summed E-state index contributed by atoms with van der Waals surface area (Å²) in [7, 11) is 0. The number of halogens is 3. The van der Waals surface area contributed by atoms with Crippen molar-refractivity contribution < 1.29 is 22.7 Å². The van der Waals surface area contributed by atoms with E-state index in [9.17, 15) is 18.0 Å². The Balaban J connectivity index is 1.40. The van der Waals surface area contributed by atoms with Crippen LogP contribution in [0.15, 0.2) is 54.6 Å². The average Bonchev–Trinajstić information content (AvgIpc) is 3.16. The second kappa shape index (κ2) is 8.19. The van der Waals surface area contributed by atoms with Crippen LogP contribution >= 0.6 is 0 Å². The number of carbonyl (C=O) groups excluding carboxylic acids is 1. The maximum atomic E-state index is 13.5. The van der Waals surface area contributed by atoms with E-state index in [4.69, 9.17) is 4.74 Å². The normalized spacial score (nSPS) is 10.9. The molecular formula is C20H14F3N5O2. The minimum absolute atomic E-state index is 0.00216. The molecule has 0 fully saturated rings. The Morgan fingerprint density at radius 3 is 2.67 bits per heavy atom. The van der Waals surface area contributed by atoms with E-state index in [-0.39, 0.29) is 24.6 Å². The summed E-state index contributed by atoms with van der Waals surface area (Å²) in [5, 5.41) is 14.8. The number of nitrogens with zero attached hydrogens (tertiary/aromatic N) is 4. The van der Waals surface area contributed by atoms with Crippen LogP contribution in [0.3, 0.4) is 0 Å². The second-order valence-corrected chi connectivity index (χ2v) is 6.21. The predicted octanol–water partition coefficient (Wildman–Crippen LogP) is 3.02. The fourth-order valence-corrected chi connectivity index (χ4v) is 2.72. The van der Waals surface area contributed by atoms with E-state index in [1.807, 2.05) is 0 Å². The summed E-state index contributed by atoms with van der Waals surface area (Å²) in [6, 6.07) is 12.0. The summed E-state index contributed by atoms with van der Waals surface area (Å²) >= 11 is 0. The van der Waals surface area contributed by atoms with Crippen LogP contribution in [-0.2, 0) is 0 Å². The lowest BCUT2D eigenvalue weighted by molar-refractivity contribution is 0.0946. The zero-order chi connectivity index (χ0) is 21.1. The molecule has 0 unspecified atom stereocenters. The molecule has 0 saturated carbocycles. The van der Waals surface area contributed by atoms with Gasteiger partial charge >= 0.3 is 0 Å². The van der Waals surface area contributed by atoms with Gasteiger partial charge in [-0.3, -0.25) is 4.79 Å². The van der Waals surface area contributed by atoms with E-state index < -0.39 is 23.4 Å². The van der Waals surface area contributed by atoms with E-state index in [2.05, 4.69) is 20.6 Å². The molecule has 4 aromatic rings. The van der Waals surface area contributed by atoms with Gasteiger partial charge in [-0.1, -0.05) is 12.1 Å². The highest BCUT2D eigenvalue weighted by molar-refractivity contribution is 5.94. The predicted molar refractivity (Wildman–Crippen MR) is 100 cm³/mol. The molecule has 10 heteroatoms. The lowest BCUT2D eigenvalue weighted by Crippen LogP contribution is -2.28. The number of hydrogen-bond acceptors (Lipinski definition) is 5. The number of rotatable bonds is 6. The molecule has 4 rings (SSSR count). The smallest absolute Gasteiger partial charge is 0.251 e. The molecule has 2 aromatic heterocycles. The van der Waals surface area contributed by atoms with Crippen molar-refractivity contribution in [3.05, 3.63) is 77.6 Å². The summed E-state index contributed by atoms with van der Waals surface area (Å²) in [6.45, 7) is 0.182. The molecule has 0 spiro atoms. The molecular weight excluding hydrogens is 399 g/mol. The molecule has 0 saturated heterocycles. The minimum Gasteiger partial charge on any atom is -0.475 e. The number of carbonyl (C=O) groups is 1. The number of benzene rings is 2. The third-order valence-electron chi connectivity index (χ3n) is 4.14. The van der Waals surface area contributed by atoms with Crippen molar-refractivity contribution in [1.29, 1.82) is 0 Å². The van der Waals surface area contributed by atoms with Crippen molar-refractivity contribution in [2.24, 2.45) is 0 Å². The zero-order valence-electron chi connectivity index (χ0n) is 15.3. The van der Waals surface area contributed by atoms with Crippen LogP contribution in [-0.4, -0.2) is 38.9 Å². The molecule has 7 nitrogen and oxygen atoms in total. The van der Waals surface area contributed by atoms with Crippen molar-refractivity contribution in [3.8, 4) is 17.3 Å². The highest BCUT2D eigenvalue weighted by Gasteiger charge is 2.12.